The second kappa shape index (κ2) is 8.41. The van der Waals surface area contributed by atoms with E-state index in [1.165, 1.54) is 27.5 Å². The molecule has 1 saturated heterocycles. The van der Waals surface area contributed by atoms with E-state index in [1.54, 1.807) is 36.1 Å². The second-order valence-corrected chi connectivity index (χ2v) is 8.81. The smallest absolute Gasteiger partial charge is 0.279 e. The maximum Gasteiger partial charge on any atom is 0.279 e. The summed E-state index contributed by atoms with van der Waals surface area (Å²) in [4.78, 5) is 51.5. The summed E-state index contributed by atoms with van der Waals surface area (Å²) in [6, 6.07) is 4.46. The number of aryl methyl sites for hydroxylation is 1. The second-order valence-electron chi connectivity index (χ2n) is 7.96. The predicted octanol–water partition coefficient (Wildman–Crippen LogP) is 0.736. The van der Waals surface area contributed by atoms with Crippen molar-refractivity contribution in [3.8, 4) is 5.69 Å². The number of carbonyl (C=O) groups is 4. The van der Waals surface area contributed by atoms with Crippen molar-refractivity contribution in [2.75, 3.05) is 11.6 Å². The highest BCUT2D eigenvalue weighted by Gasteiger charge is 2.39. The molecular weight excluding hydrogens is 460 g/mol. The summed E-state index contributed by atoms with van der Waals surface area (Å²) in [5.74, 6) is -1.04. The van der Waals surface area contributed by atoms with E-state index in [9.17, 15) is 19.2 Å². The van der Waals surface area contributed by atoms with Crippen LogP contribution >= 0.6 is 11.8 Å². The maximum atomic E-state index is 12.9. The molecule has 2 aromatic heterocycles. The number of benzene rings is 1. The molecule has 13 heteroatoms. The SMILES string of the molecule is CSc1cn(C)nc1NC(=O)c1cn(-c2ccc3c(c2)CN(C2CCC(=O)NC2=O)C3=O)nn1. The highest BCUT2D eigenvalue weighted by Crippen LogP contribution is 2.29. The van der Waals surface area contributed by atoms with E-state index >= 15 is 0 Å². The number of hydrogen-bond donors (Lipinski definition) is 2. The molecule has 2 aliphatic rings. The number of carbonyl (C=O) groups excluding carboxylic acids is 4. The molecule has 34 heavy (non-hydrogen) atoms. The summed E-state index contributed by atoms with van der Waals surface area (Å²) in [7, 11) is 1.77. The molecule has 4 amide bonds. The third-order valence-corrected chi connectivity index (χ3v) is 6.48. The Balaban J connectivity index is 1.33. The quantitative estimate of drug-likeness (QED) is 0.402. The molecule has 2 N–H and O–H groups in total. The predicted molar refractivity (Wildman–Crippen MR) is 120 cm³/mol. The Kier molecular flexibility index (Phi) is 5.40. The van der Waals surface area contributed by atoms with Crippen molar-refractivity contribution >= 4 is 41.2 Å². The van der Waals surface area contributed by atoms with Gasteiger partial charge in [0.05, 0.1) is 16.8 Å². The zero-order chi connectivity index (χ0) is 24.0. The van der Waals surface area contributed by atoms with Crippen LogP contribution in [-0.4, -0.2) is 65.6 Å². The first-order valence-electron chi connectivity index (χ1n) is 10.4. The molecule has 12 nitrogen and oxygen atoms in total. The van der Waals surface area contributed by atoms with Crippen LogP contribution in [0.2, 0.25) is 0 Å². The molecule has 1 fully saturated rings. The van der Waals surface area contributed by atoms with Gasteiger partial charge in [-0.2, -0.15) is 5.10 Å². The number of anilines is 1. The Morgan fingerprint density at radius 1 is 1.24 bits per heavy atom. The lowest BCUT2D eigenvalue weighted by atomic mass is 10.0. The lowest BCUT2D eigenvalue weighted by Gasteiger charge is -2.29. The van der Waals surface area contributed by atoms with E-state index in [4.69, 9.17) is 0 Å². The molecule has 1 atom stereocenters. The van der Waals surface area contributed by atoms with Gasteiger partial charge in [-0.1, -0.05) is 5.21 Å². The summed E-state index contributed by atoms with van der Waals surface area (Å²) in [5, 5.41) is 17.3. The molecule has 0 radical (unpaired) electrons. The van der Waals surface area contributed by atoms with Gasteiger partial charge in [0, 0.05) is 31.8 Å². The monoisotopic (exact) mass is 480 g/mol. The standard InChI is InChI=1S/C21H20N8O4S/c1-27-10-16(34-2)18(25-27)23-19(31)14-9-29(26-24-14)12-3-4-13-11(7-12)8-28(21(13)33)15-5-6-17(30)22-20(15)32/h3-4,7,9-10,15H,5-6,8H2,1-2H3,(H,22,30,32)(H,23,25,31). The normalized spacial score (nSPS) is 17.6. The average molecular weight is 481 g/mol. The number of fused-ring (bicyclic) bond motifs is 1. The van der Waals surface area contributed by atoms with Crippen LogP contribution in [0.5, 0.6) is 0 Å². The number of nitrogens with zero attached hydrogens (tertiary/aromatic N) is 6. The van der Waals surface area contributed by atoms with Gasteiger partial charge in [0.15, 0.2) is 11.5 Å². The van der Waals surface area contributed by atoms with E-state index in [0.717, 1.165) is 10.5 Å². The van der Waals surface area contributed by atoms with Crippen molar-refractivity contribution in [3.05, 3.63) is 47.4 Å². The van der Waals surface area contributed by atoms with E-state index < -0.39 is 17.9 Å². The van der Waals surface area contributed by atoms with Gasteiger partial charge in [-0.3, -0.25) is 29.2 Å². The molecule has 4 heterocycles. The minimum atomic E-state index is -0.680. The fraction of sp³-hybridized carbons (Fsp3) is 0.286. The maximum absolute atomic E-state index is 12.9. The molecule has 1 unspecified atom stereocenters. The molecule has 0 spiro atoms. The average Bonchev–Trinajstić information content (AvgIpc) is 3.51. The molecule has 0 bridgehead atoms. The number of piperidine rings is 1. The fourth-order valence-electron chi connectivity index (χ4n) is 4.07. The van der Waals surface area contributed by atoms with Gasteiger partial charge in [-0.25, -0.2) is 4.68 Å². The topological polar surface area (TPSA) is 144 Å². The zero-order valence-corrected chi connectivity index (χ0v) is 19.1. The molecule has 0 saturated carbocycles. The first-order valence-corrected chi connectivity index (χ1v) is 11.7. The summed E-state index contributed by atoms with van der Waals surface area (Å²) in [6.07, 6.45) is 5.69. The van der Waals surface area contributed by atoms with Crippen molar-refractivity contribution in [3.63, 3.8) is 0 Å². The van der Waals surface area contributed by atoms with Crippen molar-refractivity contribution in [2.45, 2.75) is 30.3 Å². The number of imide groups is 1. The third-order valence-electron chi connectivity index (χ3n) is 5.74. The lowest BCUT2D eigenvalue weighted by Crippen LogP contribution is -2.52. The van der Waals surface area contributed by atoms with Crippen LogP contribution in [0.3, 0.4) is 0 Å². The zero-order valence-electron chi connectivity index (χ0n) is 18.3. The van der Waals surface area contributed by atoms with Crippen LogP contribution in [0.25, 0.3) is 5.69 Å². The van der Waals surface area contributed by atoms with E-state index in [-0.39, 0.29) is 30.5 Å². The van der Waals surface area contributed by atoms with E-state index in [2.05, 4.69) is 26.0 Å². The minimum Gasteiger partial charge on any atom is -0.322 e. The summed E-state index contributed by atoms with van der Waals surface area (Å²) in [6.45, 7) is 0.244. The van der Waals surface area contributed by atoms with Crippen LogP contribution in [0.1, 0.15) is 39.3 Å². The van der Waals surface area contributed by atoms with Crippen molar-refractivity contribution in [1.82, 2.24) is 35.0 Å². The Hall–Kier alpha value is -4.00. The van der Waals surface area contributed by atoms with Gasteiger partial charge in [0.25, 0.3) is 11.8 Å². The summed E-state index contributed by atoms with van der Waals surface area (Å²) in [5.41, 5.74) is 1.95. The fourth-order valence-corrected chi connectivity index (χ4v) is 4.61. The van der Waals surface area contributed by atoms with Crippen LogP contribution in [0, 0.1) is 0 Å². The summed E-state index contributed by atoms with van der Waals surface area (Å²) < 4.78 is 3.06. The molecule has 5 rings (SSSR count). The minimum absolute atomic E-state index is 0.111. The van der Waals surface area contributed by atoms with Gasteiger partial charge in [-0.15, -0.1) is 16.9 Å². The number of hydrogen-bond acceptors (Lipinski definition) is 8. The van der Waals surface area contributed by atoms with Gasteiger partial charge >= 0.3 is 0 Å². The molecule has 3 aromatic rings. The number of rotatable bonds is 5. The van der Waals surface area contributed by atoms with Crippen molar-refractivity contribution in [1.29, 1.82) is 0 Å². The highest BCUT2D eigenvalue weighted by molar-refractivity contribution is 7.98. The Labute approximate surface area is 197 Å². The molecular formula is C21H20N8O4S. The van der Waals surface area contributed by atoms with Crippen molar-refractivity contribution in [2.24, 2.45) is 7.05 Å². The number of thioether (sulfide) groups is 1. The largest absolute Gasteiger partial charge is 0.322 e. The first-order chi connectivity index (χ1) is 16.3. The van der Waals surface area contributed by atoms with Crippen LogP contribution in [0.15, 0.2) is 35.5 Å². The Bertz CT molecular complexity index is 1350. The van der Waals surface area contributed by atoms with Crippen molar-refractivity contribution < 1.29 is 19.2 Å². The van der Waals surface area contributed by atoms with Gasteiger partial charge in [-0.05, 0) is 36.4 Å². The van der Waals surface area contributed by atoms with Gasteiger partial charge < -0.3 is 10.2 Å². The number of amides is 4. The Morgan fingerprint density at radius 2 is 2.06 bits per heavy atom. The Morgan fingerprint density at radius 3 is 2.82 bits per heavy atom. The molecule has 1 aromatic carbocycles. The third kappa shape index (κ3) is 3.83. The molecule has 0 aliphatic carbocycles. The first kappa shape index (κ1) is 21.8. The van der Waals surface area contributed by atoms with Crippen LogP contribution < -0.4 is 10.6 Å². The molecule has 174 valence electrons. The lowest BCUT2D eigenvalue weighted by molar-refractivity contribution is -0.136. The van der Waals surface area contributed by atoms with E-state index in [1.807, 2.05) is 6.26 Å². The number of aromatic nitrogens is 5. The van der Waals surface area contributed by atoms with E-state index in [0.29, 0.717) is 23.5 Å². The highest BCUT2D eigenvalue weighted by atomic mass is 32.2. The number of nitrogens with one attached hydrogen (secondary N) is 2. The van der Waals surface area contributed by atoms with Crippen LogP contribution in [0.4, 0.5) is 5.82 Å². The van der Waals surface area contributed by atoms with Crippen LogP contribution in [-0.2, 0) is 23.2 Å². The van der Waals surface area contributed by atoms with Gasteiger partial charge in [0.2, 0.25) is 11.8 Å². The summed E-state index contributed by atoms with van der Waals surface area (Å²) >= 11 is 1.47. The van der Waals surface area contributed by atoms with Gasteiger partial charge in [0.1, 0.15) is 6.04 Å². The molecule has 2 aliphatic heterocycles.